The summed E-state index contributed by atoms with van der Waals surface area (Å²) in [5.74, 6) is 0. The number of aromatic nitrogens is 5. The van der Waals surface area contributed by atoms with Crippen LogP contribution in [0.15, 0.2) is 66.9 Å². The van der Waals surface area contributed by atoms with E-state index >= 15 is 0 Å². The van der Waals surface area contributed by atoms with Crippen LogP contribution in [0.1, 0.15) is 16.7 Å². The van der Waals surface area contributed by atoms with Crippen LogP contribution in [0.5, 0.6) is 0 Å². The molecule has 0 bridgehead atoms. The van der Waals surface area contributed by atoms with Crippen molar-refractivity contribution in [3.8, 4) is 34.3 Å². The lowest BCUT2D eigenvalue weighted by atomic mass is 10.0. The van der Waals surface area contributed by atoms with Crippen molar-refractivity contribution in [1.29, 1.82) is 5.26 Å². The third-order valence-corrected chi connectivity index (χ3v) is 5.96. The Labute approximate surface area is 184 Å². The first-order valence-corrected chi connectivity index (χ1v) is 10.5. The quantitative estimate of drug-likeness (QED) is 0.463. The van der Waals surface area contributed by atoms with E-state index in [1.165, 1.54) is 11.1 Å². The zero-order valence-electron chi connectivity index (χ0n) is 17.2. The number of rotatable bonds is 3. The molecule has 154 valence electrons. The molecule has 0 radical (unpaired) electrons. The van der Waals surface area contributed by atoms with Gasteiger partial charge in [-0.2, -0.15) is 10.4 Å². The van der Waals surface area contributed by atoms with E-state index in [4.69, 9.17) is 0 Å². The zero-order valence-corrected chi connectivity index (χ0v) is 17.2. The molecule has 6 rings (SSSR count). The maximum Gasteiger partial charge on any atom is 0.134 e. The highest BCUT2D eigenvalue weighted by Crippen LogP contribution is 2.30. The Morgan fingerprint density at radius 2 is 1.91 bits per heavy atom. The van der Waals surface area contributed by atoms with Crippen molar-refractivity contribution < 1.29 is 0 Å². The highest BCUT2D eigenvalue weighted by Gasteiger charge is 2.15. The molecule has 0 spiro atoms. The summed E-state index contributed by atoms with van der Waals surface area (Å²) in [5.41, 5.74) is 8.71. The highest BCUT2D eigenvalue weighted by molar-refractivity contribution is 5.94. The van der Waals surface area contributed by atoms with Gasteiger partial charge in [-0.15, -0.1) is 5.10 Å². The SMILES string of the molecule is N#Cc1cccc(-c2ccc3[nH]nc(-c4cn(-c5ccc6c(c5)CNCC6)nn4)c3c2)c1. The molecule has 2 N–H and O–H groups in total. The Bertz CT molecular complexity index is 1500. The normalized spacial score (nSPS) is 13.1. The van der Waals surface area contributed by atoms with Crippen molar-refractivity contribution in [3.05, 3.63) is 83.6 Å². The first-order valence-electron chi connectivity index (χ1n) is 10.5. The number of H-pyrrole nitrogens is 1. The number of nitrogens with zero attached hydrogens (tertiary/aromatic N) is 5. The van der Waals surface area contributed by atoms with Crippen molar-refractivity contribution in [2.24, 2.45) is 0 Å². The van der Waals surface area contributed by atoms with Gasteiger partial charge in [-0.05, 0) is 71.6 Å². The standard InChI is InChI=1S/C25H19N7/c26-13-16-2-1-3-18(10-16)19-5-7-23-22(12-19)25(30-28-23)24-15-32(31-29-24)21-6-4-17-8-9-27-14-20(17)11-21/h1-7,10-12,15,27H,8-9,14H2,(H,28,30). The lowest BCUT2D eigenvalue weighted by molar-refractivity contribution is 0.642. The predicted molar refractivity (Wildman–Crippen MR) is 122 cm³/mol. The van der Waals surface area contributed by atoms with Gasteiger partial charge in [0.05, 0.1) is 29.0 Å². The molecule has 0 unspecified atom stereocenters. The molecule has 32 heavy (non-hydrogen) atoms. The summed E-state index contributed by atoms with van der Waals surface area (Å²) in [6, 6.07) is 22.3. The summed E-state index contributed by atoms with van der Waals surface area (Å²) in [7, 11) is 0. The lowest BCUT2D eigenvalue weighted by Crippen LogP contribution is -2.23. The maximum atomic E-state index is 9.22. The van der Waals surface area contributed by atoms with Gasteiger partial charge in [-0.3, -0.25) is 5.10 Å². The molecule has 7 nitrogen and oxygen atoms in total. The van der Waals surface area contributed by atoms with E-state index in [0.717, 1.165) is 52.9 Å². The second-order valence-corrected chi connectivity index (χ2v) is 7.95. The summed E-state index contributed by atoms with van der Waals surface area (Å²) in [6.07, 6.45) is 2.97. The summed E-state index contributed by atoms with van der Waals surface area (Å²) in [5, 5.41) is 30.0. The third kappa shape index (κ3) is 3.14. The van der Waals surface area contributed by atoms with E-state index in [9.17, 15) is 5.26 Å². The van der Waals surface area contributed by atoms with Crippen LogP contribution < -0.4 is 5.32 Å². The van der Waals surface area contributed by atoms with Crippen LogP contribution in [0.2, 0.25) is 0 Å². The molecule has 1 aliphatic heterocycles. The van der Waals surface area contributed by atoms with Crippen molar-refractivity contribution in [1.82, 2.24) is 30.5 Å². The smallest absolute Gasteiger partial charge is 0.134 e. The monoisotopic (exact) mass is 417 g/mol. The zero-order chi connectivity index (χ0) is 21.5. The van der Waals surface area contributed by atoms with Crippen LogP contribution in [0.4, 0.5) is 0 Å². The number of nitrogens with one attached hydrogen (secondary N) is 2. The maximum absolute atomic E-state index is 9.22. The third-order valence-electron chi connectivity index (χ3n) is 5.96. The Hall–Kier alpha value is -4.28. The van der Waals surface area contributed by atoms with Crippen LogP contribution in [-0.4, -0.2) is 31.7 Å². The number of nitriles is 1. The summed E-state index contributed by atoms with van der Waals surface area (Å²) in [6.45, 7) is 1.90. The molecule has 0 atom stereocenters. The van der Waals surface area contributed by atoms with Crippen LogP contribution >= 0.6 is 0 Å². The Balaban J connectivity index is 1.39. The molecule has 2 aromatic heterocycles. The minimum Gasteiger partial charge on any atom is -0.312 e. The Kier molecular flexibility index (Phi) is 4.30. The Morgan fingerprint density at radius 3 is 2.84 bits per heavy atom. The molecule has 3 heterocycles. The summed E-state index contributed by atoms with van der Waals surface area (Å²) >= 11 is 0. The molecule has 0 saturated heterocycles. The van der Waals surface area contributed by atoms with Crippen molar-refractivity contribution >= 4 is 10.9 Å². The second kappa shape index (κ2) is 7.45. The van der Waals surface area contributed by atoms with Gasteiger partial charge in [0, 0.05) is 11.9 Å². The van der Waals surface area contributed by atoms with E-state index in [0.29, 0.717) is 11.3 Å². The van der Waals surface area contributed by atoms with Crippen molar-refractivity contribution in [2.75, 3.05) is 6.54 Å². The topological polar surface area (TPSA) is 95.2 Å². The van der Waals surface area contributed by atoms with Crippen molar-refractivity contribution in [2.45, 2.75) is 13.0 Å². The molecule has 0 saturated carbocycles. The molecule has 3 aromatic carbocycles. The van der Waals surface area contributed by atoms with Gasteiger partial charge in [0.15, 0.2) is 0 Å². The van der Waals surface area contributed by atoms with Crippen LogP contribution in [0, 0.1) is 11.3 Å². The van der Waals surface area contributed by atoms with Gasteiger partial charge in [0.1, 0.15) is 11.4 Å². The van der Waals surface area contributed by atoms with Crippen LogP contribution in [-0.2, 0) is 13.0 Å². The van der Waals surface area contributed by atoms with Gasteiger partial charge in [-0.25, -0.2) is 4.68 Å². The van der Waals surface area contributed by atoms with E-state index in [1.54, 1.807) is 10.7 Å². The fourth-order valence-electron chi connectivity index (χ4n) is 4.27. The lowest BCUT2D eigenvalue weighted by Gasteiger charge is -2.17. The van der Waals surface area contributed by atoms with Crippen molar-refractivity contribution in [3.63, 3.8) is 0 Å². The molecule has 7 heteroatoms. The molecule has 0 amide bonds. The molecule has 0 fully saturated rings. The number of aromatic amines is 1. The summed E-state index contributed by atoms with van der Waals surface area (Å²) in [4.78, 5) is 0. The van der Waals surface area contributed by atoms with Gasteiger partial charge in [0.25, 0.3) is 0 Å². The first-order chi connectivity index (χ1) is 15.8. The average molecular weight is 417 g/mol. The number of hydrogen-bond acceptors (Lipinski definition) is 5. The summed E-state index contributed by atoms with van der Waals surface area (Å²) < 4.78 is 1.80. The second-order valence-electron chi connectivity index (χ2n) is 7.95. The minimum atomic E-state index is 0.637. The first kappa shape index (κ1) is 18.5. The average Bonchev–Trinajstić information content (AvgIpc) is 3.50. The Morgan fingerprint density at radius 1 is 0.969 bits per heavy atom. The fourth-order valence-corrected chi connectivity index (χ4v) is 4.27. The molecular weight excluding hydrogens is 398 g/mol. The minimum absolute atomic E-state index is 0.637. The van der Waals surface area contributed by atoms with Gasteiger partial charge in [0.2, 0.25) is 0 Å². The molecule has 0 aliphatic carbocycles. The fraction of sp³-hybridized carbons (Fsp3) is 0.120. The molecule has 1 aliphatic rings. The van der Waals surface area contributed by atoms with E-state index < -0.39 is 0 Å². The van der Waals surface area contributed by atoms with Crippen LogP contribution in [0.25, 0.3) is 39.1 Å². The van der Waals surface area contributed by atoms with Gasteiger partial charge >= 0.3 is 0 Å². The van der Waals surface area contributed by atoms with E-state index in [1.807, 2.05) is 36.5 Å². The largest absolute Gasteiger partial charge is 0.312 e. The van der Waals surface area contributed by atoms with E-state index in [-0.39, 0.29) is 0 Å². The number of hydrogen-bond donors (Lipinski definition) is 2. The highest BCUT2D eigenvalue weighted by atomic mass is 15.4. The van der Waals surface area contributed by atoms with Gasteiger partial charge < -0.3 is 5.32 Å². The van der Waals surface area contributed by atoms with Gasteiger partial charge in [-0.1, -0.05) is 29.5 Å². The number of benzene rings is 3. The van der Waals surface area contributed by atoms with Crippen LogP contribution in [0.3, 0.4) is 0 Å². The molecular formula is C25H19N7. The van der Waals surface area contributed by atoms with E-state index in [2.05, 4.69) is 56.2 Å². The molecule has 5 aromatic rings. The number of fused-ring (bicyclic) bond motifs is 2. The predicted octanol–water partition coefficient (Wildman–Crippen LogP) is 3.99.